The van der Waals surface area contributed by atoms with Crippen molar-refractivity contribution in [3.63, 3.8) is 0 Å². The maximum Gasteiger partial charge on any atom is 0.0850 e. The van der Waals surface area contributed by atoms with E-state index in [-0.39, 0.29) is 0 Å². The zero-order chi connectivity index (χ0) is 13.3. The van der Waals surface area contributed by atoms with Gasteiger partial charge in [0.1, 0.15) is 0 Å². The Bertz CT molecular complexity index is 567. The van der Waals surface area contributed by atoms with Gasteiger partial charge < -0.3 is 11.5 Å². The van der Waals surface area contributed by atoms with E-state index in [1.807, 2.05) is 12.1 Å². The minimum absolute atomic E-state index is 0.392. The molecule has 0 fully saturated rings. The third-order valence-electron chi connectivity index (χ3n) is 2.62. The smallest absolute Gasteiger partial charge is 0.0850 e. The second kappa shape index (κ2) is 5.27. The summed E-state index contributed by atoms with van der Waals surface area (Å²) in [5, 5.41) is 0.542. The van der Waals surface area contributed by atoms with Crippen molar-refractivity contribution in [1.82, 2.24) is 0 Å². The Morgan fingerprint density at radius 2 is 1.50 bits per heavy atom. The number of alkyl halides is 1. The maximum atomic E-state index is 6.39. The molecule has 0 aliphatic carbocycles. The highest BCUT2D eigenvalue weighted by Crippen LogP contribution is 2.37. The lowest BCUT2D eigenvalue weighted by molar-refractivity contribution is 1.14. The average molecular weight is 302 g/mol. The van der Waals surface area contributed by atoms with Gasteiger partial charge in [-0.25, -0.2) is 0 Å². The van der Waals surface area contributed by atoms with Crippen molar-refractivity contribution >= 4 is 46.2 Å². The first-order valence-corrected chi connectivity index (χ1v) is 6.42. The van der Waals surface area contributed by atoms with Crippen molar-refractivity contribution in [1.29, 1.82) is 0 Å². The molecule has 2 rings (SSSR count). The van der Waals surface area contributed by atoms with Crippen molar-refractivity contribution < 1.29 is 0 Å². The van der Waals surface area contributed by atoms with Crippen LogP contribution in [-0.4, -0.2) is 0 Å². The summed E-state index contributed by atoms with van der Waals surface area (Å²) in [5.41, 5.74) is 14.0. The number of rotatable bonds is 2. The minimum atomic E-state index is -0.392. The van der Waals surface area contributed by atoms with Gasteiger partial charge in [0.05, 0.1) is 16.1 Å². The van der Waals surface area contributed by atoms with Gasteiger partial charge in [-0.3, -0.25) is 0 Å². The first kappa shape index (κ1) is 13.3. The fraction of sp³-hybridized carbons (Fsp3) is 0.0769. The van der Waals surface area contributed by atoms with E-state index in [4.69, 9.17) is 46.3 Å². The van der Waals surface area contributed by atoms with Crippen LogP contribution in [0.3, 0.4) is 0 Å². The molecule has 0 aromatic heterocycles. The zero-order valence-electron chi connectivity index (χ0n) is 9.33. The molecule has 0 saturated carbocycles. The van der Waals surface area contributed by atoms with Gasteiger partial charge in [0.25, 0.3) is 0 Å². The number of hydrogen-bond donors (Lipinski definition) is 2. The van der Waals surface area contributed by atoms with Gasteiger partial charge in [0, 0.05) is 10.7 Å². The van der Waals surface area contributed by atoms with E-state index in [9.17, 15) is 0 Å². The monoisotopic (exact) mass is 300 g/mol. The largest absolute Gasteiger partial charge is 0.399 e. The average Bonchev–Trinajstić information content (AvgIpc) is 2.34. The van der Waals surface area contributed by atoms with E-state index >= 15 is 0 Å². The molecule has 2 nitrogen and oxygen atoms in total. The molecule has 2 aromatic carbocycles. The van der Waals surface area contributed by atoms with Crippen LogP contribution in [0.15, 0.2) is 36.4 Å². The third-order valence-corrected chi connectivity index (χ3v) is 3.76. The van der Waals surface area contributed by atoms with E-state index in [1.165, 1.54) is 0 Å². The summed E-state index contributed by atoms with van der Waals surface area (Å²) in [6, 6.07) is 10.6. The summed E-state index contributed by atoms with van der Waals surface area (Å²) in [4.78, 5) is 0. The Morgan fingerprint density at radius 1 is 0.889 bits per heavy atom. The van der Waals surface area contributed by atoms with E-state index < -0.39 is 5.38 Å². The molecule has 1 atom stereocenters. The molecule has 5 heteroatoms. The summed E-state index contributed by atoms with van der Waals surface area (Å²) in [5.74, 6) is 0. The number of nitrogen functional groups attached to an aromatic ring is 2. The number of halogens is 3. The molecular weight excluding hydrogens is 291 g/mol. The molecule has 0 aliphatic rings. The van der Waals surface area contributed by atoms with E-state index in [1.54, 1.807) is 24.3 Å². The summed E-state index contributed by atoms with van der Waals surface area (Å²) >= 11 is 18.5. The van der Waals surface area contributed by atoms with Crippen molar-refractivity contribution in [3.8, 4) is 0 Å². The van der Waals surface area contributed by atoms with Gasteiger partial charge >= 0.3 is 0 Å². The Labute approximate surface area is 120 Å². The zero-order valence-corrected chi connectivity index (χ0v) is 11.6. The van der Waals surface area contributed by atoms with Crippen LogP contribution in [-0.2, 0) is 0 Å². The van der Waals surface area contributed by atoms with Gasteiger partial charge in [-0.1, -0.05) is 35.3 Å². The van der Waals surface area contributed by atoms with E-state index in [2.05, 4.69) is 0 Å². The van der Waals surface area contributed by atoms with Crippen molar-refractivity contribution in [2.75, 3.05) is 11.5 Å². The highest BCUT2D eigenvalue weighted by molar-refractivity contribution is 6.36. The predicted molar refractivity (Wildman–Crippen MR) is 79.4 cm³/mol. The molecule has 0 heterocycles. The summed E-state index contributed by atoms with van der Waals surface area (Å²) in [6.07, 6.45) is 0. The van der Waals surface area contributed by atoms with Crippen LogP contribution < -0.4 is 11.5 Å². The summed E-state index contributed by atoms with van der Waals surface area (Å²) in [7, 11) is 0. The van der Waals surface area contributed by atoms with Gasteiger partial charge in [0.2, 0.25) is 0 Å². The van der Waals surface area contributed by atoms with Gasteiger partial charge in [0.15, 0.2) is 0 Å². The molecular formula is C13H11Cl3N2. The summed E-state index contributed by atoms with van der Waals surface area (Å²) < 4.78 is 0. The highest BCUT2D eigenvalue weighted by atomic mass is 35.5. The number of hydrogen-bond acceptors (Lipinski definition) is 2. The Kier molecular flexibility index (Phi) is 3.91. The quantitative estimate of drug-likeness (QED) is 0.634. The lowest BCUT2D eigenvalue weighted by Crippen LogP contribution is -1.97. The standard InChI is InChI=1S/C13H11Cl3N2/c14-10-6-12(18)11(15)5-9(10)13(16)7-1-3-8(17)4-2-7/h1-6,13H,17-18H2. The normalized spacial score (nSPS) is 12.4. The second-order valence-corrected chi connectivity index (χ2v) is 5.18. The van der Waals surface area contributed by atoms with Gasteiger partial charge in [-0.2, -0.15) is 0 Å². The molecule has 0 saturated heterocycles. The Morgan fingerprint density at radius 3 is 2.11 bits per heavy atom. The van der Waals surface area contributed by atoms with Crippen LogP contribution in [0.25, 0.3) is 0 Å². The molecule has 0 bridgehead atoms. The second-order valence-electron chi connectivity index (χ2n) is 3.92. The lowest BCUT2D eigenvalue weighted by Gasteiger charge is -2.14. The lowest BCUT2D eigenvalue weighted by atomic mass is 10.0. The topological polar surface area (TPSA) is 52.0 Å². The fourth-order valence-corrected chi connectivity index (χ4v) is 2.45. The van der Waals surface area contributed by atoms with Crippen molar-refractivity contribution in [2.24, 2.45) is 0 Å². The first-order valence-electron chi connectivity index (χ1n) is 5.23. The number of benzene rings is 2. The molecule has 18 heavy (non-hydrogen) atoms. The molecule has 4 N–H and O–H groups in total. The molecule has 1 unspecified atom stereocenters. The van der Waals surface area contributed by atoms with Crippen LogP contribution in [0.2, 0.25) is 10.0 Å². The molecule has 0 spiro atoms. The summed E-state index contributed by atoms with van der Waals surface area (Å²) in [6.45, 7) is 0. The van der Waals surface area contributed by atoms with E-state index in [0.29, 0.717) is 21.4 Å². The maximum absolute atomic E-state index is 6.39. The Balaban J connectivity index is 2.42. The van der Waals surface area contributed by atoms with Crippen LogP contribution in [0.5, 0.6) is 0 Å². The third kappa shape index (κ3) is 2.66. The van der Waals surface area contributed by atoms with Crippen LogP contribution >= 0.6 is 34.8 Å². The van der Waals surface area contributed by atoms with Crippen LogP contribution in [0.1, 0.15) is 16.5 Å². The van der Waals surface area contributed by atoms with Crippen molar-refractivity contribution in [3.05, 3.63) is 57.6 Å². The SMILES string of the molecule is Nc1ccc(C(Cl)c2cc(Cl)c(N)cc2Cl)cc1. The molecule has 0 amide bonds. The van der Waals surface area contributed by atoms with Gasteiger partial charge in [-0.05, 0) is 35.4 Å². The van der Waals surface area contributed by atoms with Gasteiger partial charge in [-0.15, -0.1) is 11.6 Å². The van der Waals surface area contributed by atoms with Crippen LogP contribution in [0.4, 0.5) is 11.4 Å². The molecule has 0 radical (unpaired) electrons. The van der Waals surface area contributed by atoms with Crippen LogP contribution in [0, 0.1) is 0 Å². The van der Waals surface area contributed by atoms with E-state index in [0.717, 1.165) is 11.1 Å². The molecule has 2 aromatic rings. The fourth-order valence-electron chi connectivity index (χ4n) is 1.62. The first-order chi connectivity index (χ1) is 8.49. The highest BCUT2D eigenvalue weighted by Gasteiger charge is 2.16. The number of anilines is 2. The Hall–Kier alpha value is -1.09. The number of nitrogens with two attached hydrogens (primary N) is 2. The van der Waals surface area contributed by atoms with Crippen molar-refractivity contribution in [2.45, 2.75) is 5.38 Å². The minimum Gasteiger partial charge on any atom is -0.399 e. The predicted octanol–water partition coefficient (Wildman–Crippen LogP) is 4.49. The molecule has 0 aliphatic heterocycles. The molecule has 94 valence electrons.